The van der Waals surface area contributed by atoms with Crippen molar-refractivity contribution >= 4 is 11.9 Å². The number of rotatable bonds is 55. The summed E-state index contributed by atoms with van der Waals surface area (Å²) in [5.74, 6) is -0.572. The minimum atomic E-state index is -0.769. The average Bonchev–Trinajstić information content (AvgIpc) is 3.34. The minimum Gasteiger partial charge on any atom is -0.462 e. The first-order chi connectivity index (χ1) is 33.6. The van der Waals surface area contributed by atoms with Crippen LogP contribution in [0.15, 0.2) is 60.8 Å². The molecule has 0 fully saturated rings. The van der Waals surface area contributed by atoms with Crippen LogP contribution in [0.4, 0.5) is 0 Å². The lowest BCUT2D eigenvalue weighted by molar-refractivity contribution is -0.161. The normalized spacial score (nSPS) is 12.6. The van der Waals surface area contributed by atoms with Crippen molar-refractivity contribution in [1.29, 1.82) is 0 Å². The Labute approximate surface area is 423 Å². The number of unbranched alkanes of at least 4 members (excludes halogenated alkanes) is 37. The van der Waals surface area contributed by atoms with Gasteiger partial charge in [0, 0.05) is 12.8 Å². The van der Waals surface area contributed by atoms with Crippen molar-refractivity contribution in [2.75, 3.05) is 13.2 Å². The summed E-state index contributed by atoms with van der Waals surface area (Å²) in [4.78, 5) is 24.5. The Balaban J connectivity index is 3.41. The molecule has 396 valence electrons. The van der Waals surface area contributed by atoms with E-state index >= 15 is 0 Å². The molecular weight excluding hydrogens is 837 g/mol. The van der Waals surface area contributed by atoms with Crippen molar-refractivity contribution in [2.45, 2.75) is 315 Å². The second-order valence-corrected chi connectivity index (χ2v) is 20.1. The molecule has 0 spiro atoms. The molecule has 68 heavy (non-hydrogen) atoms. The number of ether oxygens (including phenoxy) is 2. The monoisotopic (exact) mass is 951 g/mol. The molecule has 0 saturated heterocycles. The van der Waals surface area contributed by atoms with Gasteiger partial charge in [-0.15, -0.1) is 0 Å². The number of esters is 2. The van der Waals surface area contributed by atoms with E-state index in [1.54, 1.807) is 0 Å². The van der Waals surface area contributed by atoms with E-state index in [-0.39, 0.29) is 25.2 Å². The Hall–Kier alpha value is -2.40. The molecule has 1 N–H and O–H groups in total. The van der Waals surface area contributed by atoms with Crippen LogP contribution in [0.25, 0.3) is 0 Å². The van der Waals surface area contributed by atoms with E-state index in [2.05, 4.69) is 74.6 Å². The van der Waals surface area contributed by atoms with Crippen LogP contribution in [0.2, 0.25) is 0 Å². The fourth-order valence-corrected chi connectivity index (χ4v) is 8.88. The zero-order chi connectivity index (χ0) is 49.2. The Bertz CT molecular complexity index is 1170. The summed E-state index contributed by atoms with van der Waals surface area (Å²) in [7, 11) is 0. The highest BCUT2D eigenvalue weighted by Gasteiger charge is 2.16. The maximum absolute atomic E-state index is 12.3. The number of allylic oxidation sites excluding steroid dienone is 10. The van der Waals surface area contributed by atoms with Gasteiger partial charge in [0.05, 0.1) is 6.61 Å². The Morgan fingerprint density at radius 2 is 0.632 bits per heavy atom. The Kier molecular flexibility index (Phi) is 56.8. The van der Waals surface area contributed by atoms with Crippen molar-refractivity contribution < 1.29 is 24.2 Å². The van der Waals surface area contributed by atoms with Gasteiger partial charge in [-0.1, -0.05) is 299 Å². The van der Waals surface area contributed by atoms with Gasteiger partial charge in [-0.05, 0) is 57.8 Å². The van der Waals surface area contributed by atoms with Gasteiger partial charge in [0.25, 0.3) is 0 Å². The molecule has 0 aromatic heterocycles. The van der Waals surface area contributed by atoms with E-state index in [9.17, 15) is 14.7 Å². The van der Waals surface area contributed by atoms with E-state index in [0.29, 0.717) is 12.8 Å². The molecule has 0 aliphatic carbocycles. The molecule has 0 rings (SSSR count). The molecule has 0 aliphatic rings. The highest BCUT2D eigenvalue weighted by molar-refractivity contribution is 5.70. The highest BCUT2D eigenvalue weighted by atomic mass is 16.6. The molecule has 1 atom stereocenters. The first kappa shape index (κ1) is 65.6. The van der Waals surface area contributed by atoms with Gasteiger partial charge in [0.2, 0.25) is 0 Å². The molecule has 0 aromatic carbocycles. The van der Waals surface area contributed by atoms with E-state index in [1.807, 2.05) is 0 Å². The molecule has 0 radical (unpaired) electrons. The molecule has 0 aromatic rings. The van der Waals surface area contributed by atoms with Crippen LogP contribution < -0.4 is 0 Å². The zero-order valence-corrected chi connectivity index (χ0v) is 45.4. The Morgan fingerprint density at radius 1 is 0.353 bits per heavy atom. The average molecular weight is 952 g/mol. The van der Waals surface area contributed by atoms with Crippen LogP contribution in [0.5, 0.6) is 0 Å². The van der Waals surface area contributed by atoms with Gasteiger partial charge in [0.1, 0.15) is 6.61 Å². The van der Waals surface area contributed by atoms with Crippen molar-refractivity contribution in [1.82, 2.24) is 0 Å². The lowest BCUT2D eigenvalue weighted by Crippen LogP contribution is -2.28. The van der Waals surface area contributed by atoms with Gasteiger partial charge in [0.15, 0.2) is 6.10 Å². The first-order valence-electron chi connectivity index (χ1n) is 29.8. The van der Waals surface area contributed by atoms with Gasteiger partial charge in [-0.2, -0.15) is 0 Å². The smallest absolute Gasteiger partial charge is 0.306 e. The zero-order valence-electron chi connectivity index (χ0n) is 45.4. The number of carbonyl (C=O) groups is 2. The van der Waals surface area contributed by atoms with Crippen molar-refractivity contribution in [2.24, 2.45) is 0 Å². The molecule has 1 unspecified atom stereocenters. The first-order valence-corrected chi connectivity index (χ1v) is 29.8. The highest BCUT2D eigenvalue weighted by Crippen LogP contribution is 2.17. The topological polar surface area (TPSA) is 72.8 Å². The summed E-state index contributed by atoms with van der Waals surface area (Å²) in [5, 5.41) is 9.65. The van der Waals surface area contributed by atoms with Gasteiger partial charge >= 0.3 is 11.9 Å². The molecule has 5 heteroatoms. The van der Waals surface area contributed by atoms with E-state index < -0.39 is 6.10 Å². The number of aliphatic hydroxyl groups excluding tert-OH is 1. The molecule has 0 heterocycles. The maximum atomic E-state index is 12.3. The standard InChI is InChI=1S/C63H114O5/c1-3-5-7-9-11-13-15-17-19-21-22-23-24-25-26-27-28-29-30-31-32-33-34-35-36-37-38-39-40-42-44-46-48-50-52-54-56-58-63(66)68-61(59-64)60-67-62(65)57-55-53-51-49-47-45-43-41-20-18-16-14-12-10-8-6-4-2/h5,7,11,13,17,19,22-23,25-26,61,64H,3-4,6,8-10,12,14-16,18,20-21,24,27-60H2,1-2H3/b7-5-,13-11-,19-17-,23-22-,26-25-. The third-order valence-electron chi connectivity index (χ3n) is 13.3. The largest absolute Gasteiger partial charge is 0.462 e. The Morgan fingerprint density at radius 3 is 0.956 bits per heavy atom. The summed E-state index contributed by atoms with van der Waals surface area (Å²) >= 11 is 0. The molecule has 0 saturated carbocycles. The van der Waals surface area contributed by atoms with Crippen LogP contribution in [0, 0.1) is 0 Å². The van der Waals surface area contributed by atoms with E-state index in [4.69, 9.17) is 9.47 Å². The molecule has 0 aliphatic heterocycles. The minimum absolute atomic E-state index is 0.0602. The fourth-order valence-electron chi connectivity index (χ4n) is 8.88. The summed E-state index contributed by atoms with van der Waals surface area (Å²) in [6.45, 7) is 4.07. The second-order valence-electron chi connectivity index (χ2n) is 20.1. The quantitative estimate of drug-likeness (QED) is 0.0374. The van der Waals surface area contributed by atoms with Crippen molar-refractivity contribution in [3.63, 3.8) is 0 Å². The number of hydrogen-bond donors (Lipinski definition) is 1. The third-order valence-corrected chi connectivity index (χ3v) is 13.3. The molecule has 0 amide bonds. The van der Waals surface area contributed by atoms with Crippen molar-refractivity contribution in [3.05, 3.63) is 60.8 Å². The van der Waals surface area contributed by atoms with Gasteiger partial charge < -0.3 is 14.6 Å². The van der Waals surface area contributed by atoms with E-state index in [1.165, 1.54) is 218 Å². The number of carbonyl (C=O) groups excluding carboxylic acids is 2. The number of aliphatic hydroxyl groups is 1. The van der Waals surface area contributed by atoms with Crippen LogP contribution in [-0.4, -0.2) is 36.4 Å². The lowest BCUT2D eigenvalue weighted by atomic mass is 10.0. The summed E-state index contributed by atoms with van der Waals surface area (Å²) in [5.41, 5.74) is 0. The van der Waals surface area contributed by atoms with Crippen molar-refractivity contribution in [3.8, 4) is 0 Å². The fraction of sp³-hybridized carbons (Fsp3) is 0.810. The SMILES string of the molecule is CC/C=C\C/C=C\C/C=C\C/C=C\C/C=C\CCCCCCCCCCCCCCCCCCCCCCCC(=O)OC(CO)COC(=O)CCCCCCCCCCCCCCCCCCC. The van der Waals surface area contributed by atoms with Crippen LogP contribution >= 0.6 is 0 Å². The predicted molar refractivity (Wildman–Crippen MR) is 297 cm³/mol. The summed E-state index contributed by atoms with van der Waals surface area (Å²) in [6, 6.07) is 0. The van der Waals surface area contributed by atoms with Crippen LogP contribution in [0.1, 0.15) is 309 Å². The van der Waals surface area contributed by atoms with Crippen LogP contribution in [0.3, 0.4) is 0 Å². The predicted octanol–water partition coefficient (Wildman–Crippen LogP) is 20.2. The molecule has 0 bridgehead atoms. The van der Waals surface area contributed by atoms with E-state index in [0.717, 1.165) is 64.2 Å². The van der Waals surface area contributed by atoms with Gasteiger partial charge in [-0.3, -0.25) is 9.59 Å². The second kappa shape index (κ2) is 58.9. The van der Waals surface area contributed by atoms with Gasteiger partial charge in [-0.25, -0.2) is 0 Å². The summed E-state index contributed by atoms with van der Waals surface area (Å²) < 4.78 is 10.7. The summed E-state index contributed by atoms with van der Waals surface area (Å²) in [6.07, 6.45) is 79.3. The third kappa shape index (κ3) is 56.2. The molecule has 5 nitrogen and oxygen atoms in total. The lowest BCUT2D eigenvalue weighted by Gasteiger charge is -2.15. The van der Waals surface area contributed by atoms with Crippen LogP contribution in [-0.2, 0) is 19.1 Å². The number of hydrogen-bond acceptors (Lipinski definition) is 5. The maximum Gasteiger partial charge on any atom is 0.306 e. The molecular formula is C63H114O5.